The molecule has 0 spiro atoms. The van der Waals surface area contributed by atoms with Gasteiger partial charge in [-0.2, -0.15) is 5.10 Å². The summed E-state index contributed by atoms with van der Waals surface area (Å²) in [6.07, 6.45) is 3.91. The Morgan fingerprint density at radius 2 is 2.67 bits per heavy atom. The van der Waals surface area contributed by atoms with Gasteiger partial charge in [0.15, 0.2) is 0 Å². The Balaban J connectivity index is 1.94. The van der Waals surface area contributed by atoms with E-state index in [0.717, 1.165) is 25.1 Å². The van der Waals surface area contributed by atoms with E-state index in [9.17, 15) is 4.79 Å². The fourth-order valence-electron chi connectivity index (χ4n) is 1.67. The lowest BCUT2D eigenvalue weighted by Gasteiger charge is -2.07. The molecule has 1 aliphatic heterocycles. The number of ether oxygens (including phenoxy) is 1. The zero-order chi connectivity index (χ0) is 10.7. The topological polar surface area (TPSA) is 82.2 Å². The lowest BCUT2D eigenvalue weighted by Crippen LogP contribution is -2.14. The first-order valence-electron chi connectivity index (χ1n) is 4.91. The third-order valence-electron chi connectivity index (χ3n) is 2.44. The standard InChI is InChI=1S/C9H14N4O2/c10-9(14)15-6-7-3-12-13(5-7)8-1-2-11-4-8/h3,5,8,11H,1-2,4,6H2,(H2,10,14)/t8-/m0/s1. The molecule has 0 unspecified atom stereocenters. The molecule has 0 radical (unpaired) electrons. The molecule has 0 aromatic carbocycles. The number of amides is 1. The first kappa shape index (κ1) is 9.97. The Kier molecular flexibility index (Phi) is 2.86. The van der Waals surface area contributed by atoms with Gasteiger partial charge in [-0.3, -0.25) is 4.68 Å². The van der Waals surface area contributed by atoms with Crippen LogP contribution in [-0.4, -0.2) is 29.0 Å². The van der Waals surface area contributed by atoms with Crippen molar-refractivity contribution >= 4 is 6.09 Å². The third kappa shape index (κ3) is 2.47. The van der Waals surface area contributed by atoms with Crippen LogP contribution in [0.25, 0.3) is 0 Å². The van der Waals surface area contributed by atoms with Crippen LogP contribution in [0.1, 0.15) is 18.0 Å². The van der Waals surface area contributed by atoms with E-state index in [2.05, 4.69) is 15.2 Å². The number of nitrogens with two attached hydrogens (primary N) is 1. The van der Waals surface area contributed by atoms with Gasteiger partial charge in [0.2, 0.25) is 0 Å². The van der Waals surface area contributed by atoms with Crippen LogP contribution in [0.5, 0.6) is 0 Å². The van der Waals surface area contributed by atoms with E-state index >= 15 is 0 Å². The Labute approximate surface area is 87.4 Å². The SMILES string of the molecule is NC(=O)OCc1cnn([C@H]2CCNC2)c1. The lowest BCUT2D eigenvalue weighted by atomic mass is 10.3. The van der Waals surface area contributed by atoms with Gasteiger partial charge in [-0.05, 0) is 13.0 Å². The molecule has 1 amide bonds. The van der Waals surface area contributed by atoms with Crippen LogP contribution in [0, 0.1) is 0 Å². The van der Waals surface area contributed by atoms with E-state index < -0.39 is 6.09 Å². The number of nitrogens with zero attached hydrogens (tertiary/aromatic N) is 2. The first-order chi connectivity index (χ1) is 7.25. The highest BCUT2D eigenvalue weighted by Crippen LogP contribution is 2.14. The minimum atomic E-state index is -0.759. The maximum absolute atomic E-state index is 10.4. The van der Waals surface area contributed by atoms with Crippen LogP contribution < -0.4 is 11.1 Å². The Hall–Kier alpha value is -1.56. The molecule has 1 aliphatic rings. The molecule has 82 valence electrons. The molecule has 1 saturated heterocycles. The average Bonchev–Trinajstić information content (AvgIpc) is 2.85. The maximum atomic E-state index is 10.4. The van der Waals surface area contributed by atoms with E-state index in [1.54, 1.807) is 6.20 Å². The molecule has 2 rings (SSSR count). The third-order valence-corrected chi connectivity index (χ3v) is 2.44. The van der Waals surface area contributed by atoms with Crippen molar-refractivity contribution in [2.45, 2.75) is 19.1 Å². The number of hydrogen-bond acceptors (Lipinski definition) is 4. The molecule has 3 N–H and O–H groups in total. The monoisotopic (exact) mass is 210 g/mol. The summed E-state index contributed by atoms with van der Waals surface area (Å²) >= 11 is 0. The molecule has 1 aromatic heterocycles. The number of carbonyl (C=O) groups is 1. The van der Waals surface area contributed by atoms with Crippen molar-refractivity contribution in [3.05, 3.63) is 18.0 Å². The Morgan fingerprint density at radius 1 is 1.80 bits per heavy atom. The smallest absolute Gasteiger partial charge is 0.404 e. The molecule has 0 aliphatic carbocycles. The van der Waals surface area contributed by atoms with Crippen molar-refractivity contribution in [1.82, 2.24) is 15.1 Å². The van der Waals surface area contributed by atoms with Crippen molar-refractivity contribution in [1.29, 1.82) is 0 Å². The van der Waals surface area contributed by atoms with Gasteiger partial charge in [0.25, 0.3) is 0 Å². The summed E-state index contributed by atoms with van der Waals surface area (Å²) in [5, 5.41) is 7.48. The van der Waals surface area contributed by atoms with E-state index in [1.807, 2.05) is 10.9 Å². The van der Waals surface area contributed by atoms with Crippen LogP contribution in [-0.2, 0) is 11.3 Å². The van der Waals surface area contributed by atoms with E-state index in [-0.39, 0.29) is 6.61 Å². The van der Waals surface area contributed by atoms with E-state index in [4.69, 9.17) is 5.73 Å². The Morgan fingerprint density at radius 3 is 3.33 bits per heavy atom. The van der Waals surface area contributed by atoms with Gasteiger partial charge in [0, 0.05) is 18.3 Å². The molecule has 1 aromatic rings. The van der Waals surface area contributed by atoms with Gasteiger partial charge in [0.05, 0.1) is 12.2 Å². The molecular weight excluding hydrogens is 196 g/mol. The van der Waals surface area contributed by atoms with Gasteiger partial charge in [0.1, 0.15) is 6.61 Å². The van der Waals surface area contributed by atoms with Gasteiger partial charge in [-0.25, -0.2) is 4.79 Å². The molecule has 0 saturated carbocycles. The molecule has 0 bridgehead atoms. The molecule has 6 nitrogen and oxygen atoms in total. The number of rotatable bonds is 3. The summed E-state index contributed by atoms with van der Waals surface area (Å²) in [6, 6.07) is 0.410. The van der Waals surface area contributed by atoms with Crippen molar-refractivity contribution in [2.24, 2.45) is 5.73 Å². The summed E-state index contributed by atoms with van der Waals surface area (Å²) in [7, 11) is 0. The van der Waals surface area contributed by atoms with Crippen LogP contribution in [0.15, 0.2) is 12.4 Å². The van der Waals surface area contributed by atoms with Gasteiger partial charge in [-0.15, -0.1) is 0 Å². The van der Waals surface area contributed by atoms with Crippen molar-refractivity contribution < 1.29 is 9.53 Å². The summed E-state index contributed by atoms with van der Waals surface area (Å²) in [4.78, 5) is 10.4. The van der Waals surface area contributed by atoms with Gasteiger partial charge < -0.3 is 15.8 Å². The van der Waals surface area contributed by atoms with E-state index in [0.29, 0.717) is 6.04 Å². The highest BCUT2D eigenvalue weighted by Gasteiger charge is 2.16. The molecular formula is C9H14N4O2. The Bertz CT molecular complexity index is 344. The maximum Gasteiger partial charge on any atom is 0.404 e. The second kappa shape index (κ2) is 4.31. The largest absolute Gasteiger partial charge is 0.445 e. The first-order valence-corrected chi connectivity index (χ1v) is 4.91. The van der Waals surface area contributed by atoms with Crippen LogP contribution in [0.2, 0.25) is 0 Å². The van der Waals surface area contributed by atoms with Crippen LogP contribution in [0.3, 0.4) is 0 Å². The van der Waals surface area contributed by atoms with Crippen LogP contribution >= 0.6 is 0 Å². The number of nitrogens with one attached hydrogen (secondary N) is 1. The number of carbonyl (C=O) groups excluding carboxylic acids is 1. The molecule has 6 heteroatoms. The quantitative estimate of drug-likeness (QED) is 0.736. The van der Waals surface area contributed by atoms with Crippen molar-refractivity contribution in [2.75, 3.05) is 13.1 Å². The lowest BCUT2D eigenvalue weighted by molar-refractivity contribution is 0.150. The van der Waals surface area contributed by atoms with Crippen LogP contribution in [0.4, 0.5) is 4.79 Å². The molecule has 2 heterocycles. The fraction of sp³-hybridized carbons (Fsp3) is 0.556. The highest BCUT2D eigenvalue weighted by molar-refractivity contribution is 5.64. The van der Waals surface area contributed by atoms with Gasteiger partial charge >= 0.3 is 6.09 Å². The molecule has 1 atom stereocenters. The molecule has 15 heavy (non-hydrogen) atoms. The average molecular weight is 210 g/mol. The minimum absolute atomic E-state index is 0.190. The fourth-order valence-corrected chi connectivity index (χ4v) is 1.67. The number of primary amides is 1. The van der Waals surface area contributed by atoms with E-state index in [1.165, 1.54) is 0 Å². The van der Waals surface area contributed by atoms with Crippen molar-refractivity contribution in [3.8, 4) is 0 Å². The minimum Gasteiger partial charge on any atom is -0.445 e. The summed E-state index contributed by atoms with van der Waals surface area (Å²) in [5.74, 6) is 0. The molecule has 1 fully saturated rings. The second-order valence-corrected chi connectivity index (χ2v) is 3.58. The zero-order valence-corrected chi connectivity index (χ0v) is 8.35. The number of aromatic nitrogens is 2. The zero-order valence-electron chi connectivity index (χ0n) is 8.35. The number of hydrogen-bond donors (Lipinski definition) is 2. The summed E-state index contributed by atoms with van der Waals surface area (Å²) in [5.41, 5.74) is 5.73. The summed E-state index contributed by atoms with van der Waals surface area (Å²) in [6.45, 7) is 2.16. The predicted molar refractivity (Wildman–Crippen MR) is 53.1 cm³/mol. The summed E-state index contributed by atoms with van der Waals surface area (Å²) < 4.78 is 6.58. The van der Waals surface area contributed by atoms with Crippen molar-refractivity contribution in [3.63, 3.8) is 0 Å². The van der Waals surface area contributed by atoms with Gasteiger partial charge in [-0.1, -0.05) is 0 Å². The second-order valence-electron chi connectivity index (χ2n) is 3.58. The normalized spacial score (nSPS) is 20.4. The highest BCUT2D eigenvalue weighted by atomic mass is 16.5. The predicted octanol–water partition coefficient (Wildman–Crippen LogP) is 0.0128.